The zero-order chi connectivity index (χ0) is 13.8. The van der Waals surface area contributed by atoms with Gasteiger partial charge in [0.2, 0.25) is 0 Å². The Balaban J connectivity index is 1.99. The third-order valence-electron chi connectivity index (χ3n) is 3.60. The van der Waals surface area contributed by atoms with Gasteiger partial charge in [-0.3, -0.25) is 15.0 Å². The molecular weight excluding hydrogens is 266 g/mol. The molecular formula is C12H19N3O3S. The topological polar surface area (TPSA) is 81.6 Å². The number of hydrogen-bond acceptors (Lipinski definition) is 6. The minimum atomic E-state index is -0.342. The van der Waals surface area contributed by atoms with Gasteiger partial charge in [0, 0.05) is 44.2 Å². The number of nitrogens with zero attached hydrogens (tertiary/aromatic N) is 2. The van der Waals surface area contributed by atoms with Crippen molar-refractivity contribution < 1.29 is 9.66 Å². The van der Waals surface area contributed by atoms with Crippen LogP contribution in [-0.4, -0.2) is 42.2 Å². The van der Waals surface area contributed by atoms with Crippen LogP contribution in [0.2, 0.25) is 0 Å². The van der Waals surface area contributed by atoms with Crippen LogP contribution in [0.15, 0.2) is 11.4 Å². The van der Waals surface area contributed by atoms with E-state index in [1.807, 2.05) is 5.38 Å². The molecule has 6 nitrogen and oxygen atoms in total. The SMILES string of the molecule is COC1CCN(Cc2csc([N+](=O)[O-])c2)C(CN)C1. The lowest BCUT2D eigenvalue weighted by molar-refractivity contribution is -0.380. The maximum atomic E-state index is 10.7. The number of rotatable bonds is 5. The zero-order valence-electron chi connectivity index (χ0n) is 10.9. The summed E-state index contributed by atoms with van der Waals surface area (Å²) < 4.78 is 5.39. The van der Waals surface area contributed by atoms with E-state index in [-0.39, 0.29) is 22.1 Å². The summed E-state index contributed by atoms with van der Waals surface area (Å²) in [6.45, 7) is 2.23. The highest BCUT2D eigenvalue weighted by atomic mass is 32.1. The number of likely N-dealkylation sites (tertiary alicyclic amines) is 1. The fourth-order valence-electron chi connectivity index (χ4n) is 2.51. The van der Waals surface area contributed by atoms with E-state index in [2.05, 4.69) is 4.90 Å². The predicted molar refractivity (Wildman–Crippen MR) is 74.3 cm³/mol. The fourth-order valence-corrected chi connectivity index (χ4v) is 3.23. The van der Waals surface area contributed by atoms with Gasteiger partial charge in [-0.05, 0) is 18.4 Å². The van der Waals surface area contributed by atoms with Crippen molar-refractivity contribution in [1.29, 1.82) is 0 Å². The van der Waals surface area contributed by atoms with Crippen LogP contribution < -0.4 is 5.73 Å². The molecule has 0 aromatic carbocycles. The van der Waals surface area contributed by atoms with Gasteiger partial charge in [-0.15, -0.1) is 0 Å². The Kier molecular flexibility index (Phi) is 4.87. The number of nitro groups is 1. The van der Waals surface area contributed by atoms with Gasteiger partial charge in [0.25, 0.3) is 0 Å². The molecule has 19 heavy (non-hydrogen) atoms. The number of ether oxygens (including phenoxy) is 1. The third kappa shape index (κ3) is 3.50. The molecule has 2 atom stereocenters. The van der Waals surface area contributed by atoms with Crippen molar-refractivity contribution in [3.05, 3.63) is 27.1 Å². The van der Waals surface area contributed by atoms with Gasteiger partial charge >= 0.3 is 5.00 Å². The van der Waals surface area contributed by atoms with Crippen molar-refractivity contribution in [1.82, 2.24) is 4.90 Å². The molecule has 1 fully saturated rings. The molecule has 2 heterocycles. The first-order valence-electron chi connectivity index (χ1n) is 6.32. The van der Waals surface area contributed by atoms with Crippen molar-refractivity contribution in [2.75, 3.05) is 20.2 Å². The van der Waals surface area contributed by atoms with Gasteiger partial charge in [0.1, 0.15) is 0 Å². The van der Waals surface area contributed by atoms with Crippen LogP contribution in [0.25, 0.3) is 0 Å². The summed E-state index contributed by atoms with van der Waals surface area (Å²) in [6.07, 6.45) is 2.19. The van der Waals surface area contributed by atoms with Gasteiger partial charge in [-0.1, -0.05) is 11.3 Å². The monoisotopic (exact) mass is 285 g/mol. The number of thiophene rings is 1. The average Bonchev–Trinajstić information content (AvgIpc) is 2.88. The Hall–Kier alpha value is -1.02. The standard InChI is InChI=1S/C12H19N3O3S/c1-18-11-2-3-14(10(5-11)6-13)7-9-4-12(15(16)17)19-8-9/h4,8,10-11H,2-3,5-7,13H2,1H3. The molecule has 1 aliphatic rings. The fraction of sp³-hybridized carbons (Fsp3) is 0.667. The van der Waals surface area contributed by atoms with Crippen molar-refractivity contribution in [3.63, 3.8) is 0 Å². The van der Waals surface area contributed by atoms with E-state index in [1.165, 1.54) is 11.3 Å². The van der Waals surface area contributed by atoms with Gasteiger partial charge in [-0.2, -0.15) is 0 Å². The number of methoxy groups -OCH3 is 1. The molecule has 0 radical (unpaired) electrons. The molecule has 1 aromatic rings. The summed E-state index contributed by atoms with van der Waals surface area (Å²) >= 11 is 1.18. The van der Waals surface area contributed by atoms with Gasteiger partial charge in [0.15, 0.2) is 0 Å². The lowest BCUT2D eigenvalue weighted by Gasteiger charge is -2.38. The van der Waals surface area contributed by atoms with E-state index in [1.54, 1.807) is 13.2 Å². The molecule has 0 amide bonds. The first-order chi connectivity index (χ1) is 9.13. The van der Waals surface area contributed by atoms with Crippen LogP contribution >= 0.6 is 11.3 Å². The van der Waals surface area contributed by atoms with E-state index < -0.39 is 0 Å². The maximum absolute atomic E-state index is 10.7. The Morgan fingerprint density at radius 1 is 1.68 bits per heavy atom. The van der Waals surface area contributed by atoms with Crippen LogP contribution in [0.3, 0.4) is 0 Å². The molecule has 2 N–H and O–H groups in total. The molecule has 2 unspecified atom stereocenters. The Morgan fingerprint density at radius 3 is 3.05 bits per heavy atom. The molecule has 2 rings (SSSR count). The molecule has 1 saturated heterocycles. The molecule has 7 heteroatoms. The summed E-state index contributed by atoms with van der Waals surface area (Å²) in [7, 11) is 1.73. The second-order valence-electron chi connectivity index (χ2n) is 4.79. The highest BCUT2D eigenvalue weighted by Crippen LogP contribution is 2.26. The Labute approximate surface area is 116 Å². The van der Waals surface area contributed by atoms with E-state index in [9.17, 15) is 10.1 Å². The minimum absolute atomic E-state index is 0.200. The third-order valence-corrected chi connectivity index (χ3v) is 4.53. The molecule has 0 aliphatic carbocycles. The minimum Gasteiger partial charge on any atom is -0.381 e. The Bertz CT molecular complexity index is 438. The average molecular weight is 285 g/mol. The lowest BCUT2D eigenvalue weighted by Crippen LogP contribution is -2.47. The number of hydrogen-bond donors (Lipinski definition) is 1. The van der Waals surface area contributed by atoms with Crippen LogP contribution in [0.4, 0.5) is 5.00 Å². The Morgan fingerprint density at radius 2 is 2.47 bits per heavy atom. The van der Waals surface area contributed by atoms with E-state index >= 15 is 0 Å². The summed E-state index contributed by atoms with van der Waals surface area (Å²) in [5.41, 5.74) is 6.81. The van der Waals surface area contributed by atoms with E-state index in [4.69, 9.17) is 10.5 Å². The quantitative estimate of drug-likeness (QED) is 0.656. The number of piperidine rings is 1. The smallest absolute Gasteiger partial charge is 0.324 e. The van der Waals surface area contributed by atoms with Gasteiger partial charge < -0.3 is 10.5 Å². The predicted octanol–water partition coefficient (Wildman–Crippen LogP) is 1.59. The highest BCUT2D eigenvalue weighted by molar-refractivity contribution is 7.13. The first-order valence-corrected chi connectivity index (χ1v) is 7.20. The highest BCUT2D eigenvalue weighted by Gasteiger charge is 2.27. The van der Waals surface area contributed by atoms with Crippen LogP contribution in [-0.2, 0) is 11.3 Å². The maximum Gasteiger partial charge on any atom is 0.324 e. The molecule has 0 spiro atoms. The molecule has 0 bridgehead atoms. The van der Waals surface area contributed by atoms with E-state index in [0.717, 1.165) is 31.5 Å². The normalized spacial score (nSPS) is 24.5. The second kappa shape index (κ2) is 6.42. The largest absolute Gasteiger partial charge is 0.381 e. The molecule has 106 valence electrons. The second-order valence-corrected chi connectivity index (χ2v) is 5.68. The van der Waals surface area contributed by atoms with Crippen molar-refractivity contribution in [3.8, 4) is 0 Å². The van der Waals surface area contributed by atoms with E-state index in [0.29, 0.717) is 6.54 Å². The summed E-state index contributed by atoms with van der Waals surface area (Å²) in [5, 5.41) is 12.7. The van der Waals surface area contributed by atoms with Crippen LogP contribution in [0.1, 0.15) is 18.4 Å². The molecule has 0 saturated carbocycles. The zero-order valence-corrected chi connectivity index (χ0v) is 11.8. The first kappa shape index (κ1) is 14.4. The van der Waals surface area contributed by atoms with Crippen molar-refractivity contribution in [2.24, 2.45) is 5.73 Å². The molecule has 1 aromatic heterocycles. The molecule has 1 aliphatic heterocycles. The van der Waals surface area contributed by atoms with Gasteiger partial charge in [0.05, 0.1) is 11.0 Å². The van der Waals surface area contributed by atoms with Crippen LogP contribution in [0.5, 0.6) is 0 Å². The van der Waals surface area contributed by atoms with Crippen molar-refractivity contribution in [2.45, 2.75) is 31.5 Å². The van der Waals surface area contributed by atoms with Crippen molar-refractivity contribution >= 4 is 16.3 Å². The summed E-state index contributed by atoms with van der Waals surface area (Å²) in [5.74, 6) is 0. The summed E-state index contributed by atoms with van der Waals surface area (Å²) in [6, 6.07) is 1.94. The van der Waals surface area contributed by atoms with Crippen LogP contribution in [0, 0.1) is 10.1 Å². The number of nitrogens with two attached hydrogens (primary N) is 1. The lowest BCUT2D eigenvalue weighted by atomic mass is 9.99. The van der Waals surface area contributed by atoms with Gasteiger partial charge in [-0.25, -0.2) is 0 Å². The summed E-state index contributed by atoms with van der Waals surface area (Å²) in [4.78, 5) is 12.6.